The Morgan fingerprint density at radius 2 is 2.19 bits per heavy atom. The molecule has 0 aromatic carbocycles. The third-order valence-electron chi connectivity index (χ3n) is 3.41. The monoisotopic (exact) mass is 392 g/mol. The fraction of sp³-hybridized carbons (Fsp3) is 0.571. The highest BCUT2D eigenvalue weighted by Crippen LogP contribution is 2.34. The predicted molar refractivity (Wildman–Crippen MR) is 91.1 cm³/mol. The summed E-state index contributed by atoms with van der Waals surface area (Å²) >= 11 is 4.89. The van der Waals surface area contributed by atoms with Crippen molar-refractivity contribution in [3.63, 3.8) is 0 Å². The molecule has 0 amide bonds. The van der Waals surface area contributed by atoms with Crippen LogP contribution in [0.1, 0.15) is 32.1 Å². The van der Waals surface area contributed by atoms with E-state index in [0.29, 0.717) is 34.4 Å². The van der Waals surface area contributed by atoms with Gasteiger partial charge < -0.3 is 5.32 Å². The van der Waals surface area contributed by atoms with Crippen LogP contribution in [0.5, 0.6) is 0 Å². The first-order valence-corrected chi connectivity index (χ1v) is 10.0. The normalized spacial score (nSPS) is 17.3. The molecule has 0 atom stereocenters. The molecule has 4 nitrogen and oxygen atoms in total. The molecule has 1 aliphatic rings. The van der Waals surface area contributed by atoms with Gasteiger partial charge in [0.25, 0.3) is 0 Å². The van der Waals surface area contributed by atoms with Gasteiger partial charge in [0, 0.05) is 30.6 Å². The van der Waals surface area contributed by atoms with Crippen molar-refractivity contribution in [2.24, 2.45) is 0 Å². The van der Waals surface area contributed by atoms with E-state index in [0.717, 1.165) is 11.3 Å². The molecule has 0 aliphatic carbocycles. The van der Waals surface area contributed by atoms with E-state index in [2.05, 4.69) is 35.1 Å². The Morgan fingerprint density at radius 1 is 1.48 bits per heavy atom. The summed E-state index contributed by atoms with van der Waals surface area (Å²) in [5.74, 6) is 0. The van der Waals surface area contributed by atoms with Crippen molar-refractivity contribution in [1.82, 2.24) is 9.62 Å². The standard InChI is InChI=1S/C14H21BrN2O2S2/c1-10(2)16-9-12-8-13(14(15)20-12)21(18,19)17-6-4-11(3)5-7-17/h4,8,10,16H,5-7,9H2,1-3H3. The van der Waals surface area contributed by atoms with Gasteiger partial charge in [0.15, 0.2) is 0 Å². The number of nitrogens with zero attached hydrogens (tertiary/aromatic N) is 1. The topological polar surface area (TPSA) is 49.4 Å². The van der Waals surface area contributed by atoms with Gasteiger partial charge in [-0.05, 0) is 35.3 Å². The zero-order chi connectivity index (χ0) is 15.6. The van der Waals surface area contributed by atoms with Crippen molar-refractivity contribution in [1.29, 1.82) is 0 Å². The molecule has 0 spiro atoms. The average molecular weight is 393 g/mol. The summed E-state index contributed by atoms with van der Waals surface area (Å²) in [5, 5.41) is 3.31. The van der Waals surface area contributed by atoms with E-state index in [4.69, 9.17) is 0 Å². The van der Waals surface area contributed by atoms with Crippen LogP contribution in [0.3, 0.4) is 0 Å². The number of sulfonamides is 1. The zero-order valence-corrected chi connectivity index (χ0v) is 15.7. The van der Waals surface area contributed by atoms with Gasteiger partial charge in [-0.3, -0.25) is 0 Å². The van der Waals surface area contributed by atoms with Crippen molar-refractivity contribution in [3.05, 3.63) is 26.4 Å². The number of thiophene rings is 1. The highest BCUT2D eigenvalue weighted by Gasteiger charge is 2.29. The van der Waals surface area contributed by atoms with Crippen LogP contribution in [0.2, 0.25) is 0 Å². The number of hydrogen-bond acceptors (Lipinski definition) is 4. The second-order valence-electron chi connectivity index (χ2n) is 5.55. The van der Waals surface area contributed by atoms with Crippen LogP contribution in [-0.2, 0) is 16.6 Å². The van der Waals surface area contributed by atoms with Crippen LogP contribution in [-0.4, -0.2) is 31.9 Å². The van der Waals surface area contributed by atoms with Gasteiger partial charge in [-0.25, -0.2) is 8.42 Å². The van der Waals surface area contributed by atoms with Crippen molar-refractivity contribution in [2.75, 3.05) is 13.1 Å². The molecule has 0 radical (unpaired) electrons. The van der Waals surface area contributed by atoms with Gasteiger partial charge in [0.2, 0.25) is 10.0 Å². The van der Waals surface area contributed by atoms with Crippen LogP contribution in [0.4, 0.5) is 0 Å². The highest BCUT2D eigenvalue weighted by molar-refractivity contribution is 9.11. The Balaban J connectivity index is 2.20. The smallest absolute Gasteiger partial charge is 0.245 e. The fourth-order valence-electron chi connectivity index (χ4n) is 2.07. The molecule has 2 rings (SSSR count). The molecule has 1 aromatic rings. The summed E-state index contributed by atoms with van der Waals surface area (Å²) in [6, 6.07) is 2.16. The minimum atomic E-state index is -3.41. The van der Waals surface area contributed by atoms with E-state index in [9.17, 15) is 8.42 Å². The molecular formula is C14H21BrN2O2S2. The van der Waals surface area contributed by atoms with Crippen molar-refractivity contribution < 1.29 is 8.42 Å². The maximum atomic E-state index is 12.7. The van der Waals surface area contributed by atoms with E-state index in [-0.39, 0.29) is 0 Å². The SMILES string of the molecule is CC1=CCN(S(=O)(=O)c2cc(CNC(C)C)sc2Br)CC1. The van der Waals surface area contributed by atoms with E-state index in [1.807, 2.05) is 13.0 Å². The van der Waals surface area contributed by atoms with Crippen LogP contribution < -0.4 is 5.32 Å². The molecule has 118 valence electrons. The van der Waals surface area contributed by atoms with Crippen LogP contribution in [0.25, 0.3) is 0 Å². The van der Waals surface area contributed by atoms with Crippen molar-refractivity contribution in [2.45, 2.75) is 44.7 Å². The first-order valence-electron chi connectivity index (χ1n) is 6.98. The second kappa shape index (κ2) is 6.91. The Labute approximate surface area is 139 Å². The summed E-state index contributed by atoms with van der Waals surface area (Å²) in [5.41, 5.74) is 1.26. The van der Waals surface area contributed by atoms with E-state index in [1.165, 1.54) is 16.9 Å². The molecule has 21 heavy (non-hydrogen) atoms. The van der Waals surface area contributed by atoms with E-state index < -0.39 is 10.0 Å². The molecule has 0 unspecified atom stereocenters. The number of nitrogens with one attached hydrogen (secondary N) is 1. The Kier molecular flexibility index (Phi) is 5.65. The predicted octanol–water partition coefficient (Wildman–Crippen LogP) is 3.35. The largest absolute Gasteiger partial charge is 0.310 e. The van der Waals surface area contributed by atoms with Gasteiger partial charge in [-0.1, -0.05) is 25.5 Å². The Bertz CT molecular complexity index is 635. The minimum absolute atomic E-state index is 0.376. The molecule has 0 saturated carbocycles. The first kappa shape index (κ1) is 17.1. The fourth-order valence-corrected chi connectivity index (χ4v) is 6.04. The number of hydrogen-bond donors (Lipinski definition) is 1. The zero-order valence-electron chi connectivity index (χ0n) is 12.5. The summed E-state index contributed by atoms with van der Waals surface area (Å²) in [6.45, 7) is 7.91. The van der Waals surface area contributed by atoms with Gasteiger partial charge in [-0.15, -0.1) is 11.3 Å². The lowest BCUT2D eigenvalue weighted by atomic mass is 10.1. The lowest BCUT2D eigenvalue weighted by Gasteiger charge is -2.24. The molecule has 7 heteroatoms. The molecule has 2 heterocycles. The van der Waals surface area contributed by atoms with Crippen molar-refractivity contribution >= 4 is 37.3 Å². The first-order chi connectivity index (χ1) is 9.80. The number of halogens is 1. The number of rotatable bonds is 5. The molecule has 0 fully saturated rings. The summed E-state index contributed by atoms with van der Waals surface area (Å²) in [7, 11) is -3.41. The van der Waals surface area contributed by atoms with E-state index in [1.54, 1.807) is 10.4 Å². The Morgan fingerprint density at radius 3 is 2.76 bits per heavy atom. The summed E-state index contributed by atoms with van der Waals surface area (Å²) in [6.07, 6.45) is 2.80. The maximum absolute atomic E-state index is 12.7. The van der Waals surface area contributed by atoms with E-state index >= 15 is 0 Å². The minimum Gasteiger partial charge on any atom is -0.310 e. The van der Waals surface area contributed by atoms with Crippen LogP contribution >= 0.6 is 27.3 Å². The van der Waals surface area contributed by atoms with Gasteiger partial charge in [0.1, 0.15) is 4.90 Å². The van der Waals surface area contributed by atoms with Crippen LogP contribution in [0, 0.1) is 0 Å². The van der Waals surface area contributed by atoms with Crippen molar-refractivity contribution in [3.8, 4) is 0 Å². The summed E-state index contributed by atoms with van der Waals surface area (Å²) < 4.78 is 27.7. The molecular weight excluding hydrogens is 372 g/mol. The average Bonchev–Trinajstić information content (AvgIpc) is 2.79. The molecule has 1 aromatic heterocycles. The second-order valence-corrected chi connectivity index (χ2v) is 9.91. The lowest BCUT2D eigenvalue weighted by molar-refractivity contribution is 0.431. The van der Waals surface area contributed by atoms with Gasteiger partial charge in [-0.2, -0.15) is 4.31 Å². The van der Waals surface area contributed by atoms with Gasteiger partial charge >= 0.3 is 0 Å². The maximum Gasteiger partial charge on any atom is 0.245 e. The van der Waals surface area contributed by atoms with Crippen LogP contribution in [0.15, 0.2) is 26.4 Å². The third kappa shape index (κ3) is 4.16. The highest BCUT2D eigenvalue weighted by atomic mass is 79.9. The molecule has 1 aliphatic heterocycles. The molecule has 0 bridgehead atoms. The lowest BCUT2D eigenvalue weighted by Crippen LogP contribution is -2.34. The Hall–Kier alpha value is -0.210. The molecule has 0 saturated heterocycles. The summed E-state index contributed by atoms with van der Waals surface area (Å²) in [4.78, 5) is 1.42. The third-order valence-corrected chi connectivity index (χ3v) is 7.53. The quantitative estimate of drug-likeness (QED) is 0.781. The van der Waals surface area contributed by atoms with Gasteiger partial charge in [0.05, 0.1) is 3.79 Å². The molecule has 1 N–H and O–H groups in total.